The molecule has 0 saturated heterocycles. The van der Waals surface area contributed by atoms with Gasteiger partial charge in [0.15, 0.2) is 0 Å². The highest BCUT2D eigenvalue weighted by Crippen LogP contribution is 2.14. The summed E-state index contributed by atoms with van der Waals surface area (Å²) in [4.78, 5) is 0. The largest absolute Gasteiger partial charge is 0.308 e. The van der Waals surface area contributed by atoms with Gasteiger partial charge >= 0.3 is 0 Å². The highest BCUT2D eigenvalue weighted by molar-refractivity contribution is 5.15. The number of hydrogen-bond acceptors (Lipinski definition) is 2. The van der Waals surface area contributed by atoms with E-state index < -0.39 is 0 Å². The van der Waals surface area contributed by atoms with Crippen LogP contribution in [0.3, 0.4) is 0 Å². The maximum atomic E-state index is 8.65. The molecule has 0 aliphatic rings. The predicted molar refractivity (Wildman–Crippen MR) is 71.7 cm³/mol. The molecule has 0 saturated carbocycles. The first-order chi connectivity index (χ1) is 8.03. The summed E-state index contributed by atoms with van der Waals surface area (Å²) >= 11 is 0. The zero-order valence-corrected chi connectivity index (χ0v) is 11.0. The lowest BCUT2D eigenvalue weighted by molar-refractivity contribution is 0.325. The molecule has 0 aromatic heterocycles. The van der Waals surface area contributed by atoms with Gasteiger partial charge in [-0.25, -0.2) is 0 Å². The molecule has 1 unspecified atom stereocenters. The van der Waals surface area contributed by atoms with E-state index in [2.05, 4.69) is 56.4 Å². The lowest BCUT2D eigenvalue weighted by atomic mass is 9.94. The van der Waals surface area contributed by atoms with E-state index in [-0.39, 0.29) is 11.6 Å². The molecular formula is C15H22N2. The van der Waals surface area contributed by atoms with E-state index in [1.165, 1.54) is 5.56 Å². The smallest absolute Gasteiger partial charge is 0.0638 e. The Morgan fingerprint density at radius 2 is 1.94 bits per heavy atom. The van der Waals surface area contributed by atoms with Crippen molar-refractivity contribution in [2.24, 2.45) is 0 Å². The van der Waals surface area contributed by atoms with Gasteiger partial charge in [0.25, 0.3) is 0 Å². The normalized spacial score (nSPS) is 13.1. The van der Waals surface area contributed by atoms with Crippen LogP contribution in [0, 0.1) is 11.3 Å². The first kappa shape index (κ1) is 13.7. The van der Waals surface area contributed by atoms with E-state index in [1.807, 2.05) is 6.07 Å². The second-order valence-electron chi connectivity index (χ2n) is 5.28. The fraction of sp³-hybridized carbons (Fsp3) is 0.533. The molecule has 1 rings (SSSR count). The van der Waals surface area contributed by atoms with Gasteiger partial charge in [0.1, 0.15) is 0 Å². The topological polar surface area (TPSA) is 35.8 Å². The van der Waals surface area contributed by atoms with Crippen LogP contribution in [0.4, 0.5) is 0 Å². The maximum Gasteiger partial charge on any atom is 0.0638 e. The molecule has 0 spiro atoms. The number of hydrogen-bond donors (Lipinski definition) is 1. The van der Waals surface area contributed by atoms with Crippen LogP contribution in [0.15, 0.2) is 30.3 Å². The predicted octanol–water partition coefficient (Wildman–Crippen LogP) is 3.29. The molecule has 0 aliphatic heterocycles. The van der Waals surface area contributed by atoms with Gasteiger partial charge in [0.05, 0.1) is 12.5 Å². The van der Waals surface area contributed by atoms with Gasteiger partial charge in [-0.3, -0.25) is 0 Å². The molecule has 1 aromatic rings. The summed E-state index contributed by atoms with van der Waals surface area (Å²) in [5.74, 6) is 0. The molecule has 2 heteroatoms. The van der Waals surface area contributed by atoms with Gasteiger partial charge in [-0.1, -0.05) is 30.3 Å². The highest BCUT2D eigenvalue weighted by atomic mass is 15.0. The third-order valence-corrected chi connectivity index (χ3v) is 2.92. The molecule has 17 heavy (non-hydrogen) atoms. The van der Waals surface area contributed by atoms with E-state index >= 15 is 0 Å². The van der Waals surface area contributed by atoms with Crippen LogP contribution in [0.5, 0.6) is 0 Å². The van der Waals surface area contributed by atoms with Crippen molar-refractivity contribution in [2.45, 2.75) is 51.6 Å². The summed E-state index contributed by atoms with van der Waals surface area (Å²) in [5, 5.41) is 12.2. The van der Waals surface area contributed by atoms with Crippen molar-refractivity contribution in [1.82, 2.24) is 5.32 Å². The number of nitrogens with zero attached hydrogens (tertiary/aromatic N) is 1. The lowest BCUT2D eigenvalue weighted by Gasteiger charge is -2.29. The summed E-state index contributed by atoms with van der Waals surface area (Å²) in [5.41, 5.74) is 1.45. The molecule has 0 bridgehead atoms. The van der Waals surface area contributed by atoms with Crippen molar-refractivity contribution in [2.75, 3.05) is 0 Å². The minimum absolute atomic E-state index is 0.0755. The molecular weight excluding hydrogens is 208 g/mol. The van der Waals surface area contributed by atoms with E-state index in [0.29, 0.717) is 6.42 Å². The third kappa shape index (κ3) is 5.51. The standard InChI is InChI=1S/C15H22N2/c1-13(10-12-16)17-15(2,3)11-9-14-7-5-4-6-8-14/h4-8,13,17H,9-11H2,1-3H3. The molecule has 2 nitrogen and oxygen atoms in total. The van der Waals surface area contributed by atoms with Crippen molar-refractivity contribution in [3.63, 3.8) is 0 Å². The molecule has 92 valence electrons. The average molecular weight is 230 g/mol. The number of rotatable bonds is 6. The fourth-order valence-electron chi connectivity index (χ4n) is 2.03. The average Bonchev–Trinajstić information content (AvgIpc) is 2.27. The Morgan fingerprint density at radius 1 is 1.29 bits per heavy atom. The van der Waals surface area contributed by atoms with Crippen LogP contribution in [-0.4, -0.2) is 11.6 Å². The molecule has 1 aromatic carbocycles. The van der Waals surface area contributed by atoms with Crippen LogP contribution in [-0.2, 0) is 6.42 Å². The summed E-state index contributed by atoms with van der Waals surface area (Å²) in [6, 6.07) is 13.0. The van der Waals surface area contributed by atoms with Crippen molar-refractivity contribution < 1.29 is 0 Å². The van der Waals surface area contributed by atoms with Gasteiger partial charge in [-0.2, -0.15) is 5.26 Å². The first-order valence-electron chi connectivity index (χ1n) is 6.22. The van der Waals surface area contributed by atoms with Crippen LogP contribution in [0.25, 0.3) is 0 Å². The Kier molecular flexibility index (Phi) is 5.18. The van der Waals surface area contributed by atoms with Crippen molar-refractivity contribution >= 4 is 0 Å². The SMILES string of the molecule is CC(CC#N)NC(C)(C)CCc1ccccc1. The molecule has 1 atom stereocenters. The summed E-state index contributed by atoms with van der Waals surface area (Å²) in [6.45, 7) is 6.46. The van der Waals surface area contributed by atoms with Gasteiger partial charge in [0, 0.05) is 11.6 Å². The quantitative estimate of drug-likeness (QED) is 0.814. The second-order valence-corrected chi connectivity index (χ2v) is 5.28. The monoisotopic (exact) mass is 230 g/mol. The summed E-state index contributed by atoms with van der Waals surface area (Å²) < 4.78 is 0. The molecule has 0 aliphatic carbocycles. The van der Waals surface area contributed by atoms with Gasteiger partial charge in [0.2, 0.25) is 0 Å². The van der Waals surface area contributed by atoms with Crippen LogP contribution < -0.4 is 5.32 Å². The van der Waals surface area contributed by atoms with E-state index in [0.717, 1.165) is 12.8 Å². The Hall–Kier alpha value is -1.33. The van der Waals surface area contributed by atoms with Crippen LogP contribution in [0.2, 0.25) is 0 Å². The van der Waals surface area contributed by atoms with Crippen molar-refractivity contribution in [1.29, 1.82) is 5.26 Å². The van der Waals surface area contributed by atoms with Crippen molar-refractivity contribution in [3.05, 3.63) is 35.9 Å². The minimum atomic E-state index is 0.0755. The van der Waals surface area contributed by atoms with E-state index in [9.17, 15) is 0 Å². The van der Waals surface area contributed by atoms with E-state index in [4.69, 9.17) is 5.26 Å². The first-order valence-corrected chi connectivity index (χ1v) is 6.22. The van der Waals surface area contributed by atoms with Gasteiger partial charge < -0.3 is 5.32 Å². The van der Waals surface area contributed by atoms with E-state index in [1.54, 1.807) is 0 Å². The molecule has 0 heterocycles. The summed E-state index contributed by atoms with van der Waals surface area (Å²) in [6.07, 6.45) is 2.71. The number of benzene rings is 1. The molecule has 1 N–H and O–H groups in total. The zero-order valence-electron chi connectivity index (χ0n) is 11.0. The fourth-order valence-corrected chi connectivity index (χ4v) is 2.03. The van der Waals surface area contributed by atoms with Crippen LogP contribution >= 0.6 is 0 Å². The Balaban J connectivity index is 2.42. The second kappa shape index (κ2) is 6.42. The molecule has 0 radical (unpaired) electrons. The number of aryl methyl sites for hydroxylation is 1. The van der Waals surface area contributed by atoms with Crippen molar-refractivity contribution in [3.8, 4) is 6.07 Å². The Morgan fingerprint density at radius 3 is 2.53 bits per heavy atom. The van der Waals surface area contributed by atoms with Gasteiger partial charge in [-0.15, -0.1) is 0 Å². The Labute approximate surface area is 105 Å². The maximum absolute atomic E-state index is 8.65. The van der Waals surface area contributed by atoms with Gasteiger partial charge in [-0.05, 0) is 39.2 Å². The lowest BCUT2D eigenvalue weighted by Crippen LogP contribution is -2.44. The summed E-state index contributed by atoms with van der Waals surface area (Å²) in [7, 11) is 0. The highest BCUT2D eigenvalue weighted by Gasteiger charge is 2.19. The zero-order chi connectivity index (χ0) is 12.7. The number of nitrogens with one attached hydrogen (secondary N) is 1. The number of nitriles is 1. The minimum Gasteiger partial charge on any atom is -0.308 e. The third-order valence-electron chi connectivity index (χ3n) is 2.92. The molecule has 0 fully saturated rings. The van der Waals surface area contributed by atoms with Crippen LogP contribution in [0.1, 0.15) is 39.2 Å². The Bertz CT molecular complexity index is 362. The molecule has 0 amide bonds.